The van der Waals surface area contributed by atoms with Gasteiger partial charge < -0.3 is 5.32 Å². The standard InChI is InChI=1S/C7H18N4/c1-4-6(2)5-10-7(9-3)11-8/h6H,4-5,8H2,1-3H3,(H2,9,10,11). The highest BCUT2D eigenvalue weighted by Crippen LogP contribution is 1.96. The van der Waals surface area contributed by atoms with E-state index in [1.807, 2.05) is 0 Å². The summed E-state index contributed by atoms with van der Waals surface area (Å²) < 4.78 is 0. The van der Waals surface area contributed by atoms with Gasteiger partial charge in [0.2, 0.25) is 5.96 Å². The van der Waals surface area contributed by atoms with Crippen molar-refractivity contribution in [1.82, 2.24) is 10.7 Å². The zero-order valence-corrected chi connectivity index (χ0v) is 7.52. The third-order valence-electron chi connectivity index (χ3n) is 1.68. The maximum Gasteiger partial charge on any atom is 0.205 e. The average molecular weight is 158 g/mol. The Kier molecular flexibility index (Phi) is 5.56. The second kappa shape index (κ2) is 5.97. The van der Waals surface area contributed by atoms with Gasteiger partial charge in [0.15, 0.2) is 0 Å². The number of hydrogen-bond acceptors (Lipinski definition) is 2. The predicted octanol–water partition coefficient (Wildman–Crippen LogP) is 0.0712. The van der Waals surface area contributed by atoms with Gasteiger partial charge >= 0.3 is 0 Å². The molecule has 0 amide bonds. The fourth-order valence-electron chi connectivity index (χ4n) is 0.610. The van der Waals surface area contributed by atoms with Gasteiger partial charge in [-0.2, -0.15) is 0 Å². The topological polar surface area (TPSA) is 62.4 Å². The predicted molar refractivity (Wildman–Crippen MR) is 48.1 cm³/mol. The fourth-order valence-corrected chi connectivity index (χ4v) is 0.610. The van der Waals surface area contributed by atoms with E-state index in [-0.39, 0.29) is 0 Å². The number of guanidine groups is 1. The van der Waals surface area contributed by atoms with E-state index in [1.165, 1.54) is 0 Å². The zero-order chi connectivity index (χ0) is 8.69. The summed E-state index contributed by atoms with van der Waals surface area (Å²) in [6.07, 6.45) is 1.16. The van der Waals surface area contributed by atoms with E-state index in [1.54, 1.807) is 7.05 Å². The Morgan fingerprint density at radius 2 is 2.27 bits per heavy atom. The smallest absolute Gasteiger partial charge is 0.205 e. The second-order valence-corrected chi connectivity index (χ2v) is 2.61. The lowest BCUT2D eigenvalue weighted by Crippen LogP contribution is -2.42. The Bertz CT molecular complexity index is 122. The fraction of sp³-hybridized carbons (Fsp3) is 0.857. The largest absolute Gasteiger partial charge is 0.355 e. The minimum atomic E-state index is 0.644. The van der Waals surface area contributed by atoms with Crippen LogP contribution in [-0.4, -0.2) is 19.6 Å². The van der Waals surface area contributed by atoms with Crippen molar-refractivity contribution in [2.45, 2.75) is 20.3 Å². The molecule has 0 radical (unpaired) electrons. The third-order valence-corrected chi connectivity index (χ3v) is 1.68. The summed E-state index contributed by atoms with van der Waals surface area (Å²) >= 11 is 0. The molecule has 0 heterocycles. The van der Waals surface area contributed by atoms with Crippen molar-refractivity contribution in [2.24, 2.45) is 16.8 Å². The highest BCUT2D eigenvalue weighted by Gasteiger charge is 1.98. The number of nitrogens with one attached hydrogen (secondary N) is 2. The summed E-state index contributed by atoms with van der Waals surface area (Å²) in [5, 5.41) is 3.08. The number of hydrazine groups is 1. The molecule has 1 unspecified atom stereocenters. The van der Waals surface area contributed by atoms with Crippen molar-refractivity contribution in [3.05, 3.63) is 0 Å². The number of hydrogen-bond donors (Lipinski definition) is 3. The van der Waals surface area contributed by atoms with Crippen LogP contribution in [0.15, 0.2) is 4.99 Å². The second-order valence-electron chi connectivity index (χ2n) is 2.61. The molecule has 66 valence electrons. The van der Waals surface area contributed by atoms with Crippen molar-refractivity contribution in [1.29, 1.82) is 0 Å². The van der Waals surface area contributed by atoms with E-state index >= 15 is 0 Å². The summed E-state index contributed by atoms with van der Waals surface area (Å²) in [5.74, 6) is 6.46. The molecule has 4 N–H and O–H groups in total. The molecule has 0 spiro atoms. The minimum Gasteiger partial charge on any atom is -0.355 e. The molecule has 0 aromatic carbocycles. The van der Waals surface area contributed by atoms with Crippen LogP contribution in [0, 0.1) is 5.92 Å². The van der Waals surface area contributed by atoms with Crippen LogP contribution in [0.3, 0.4) is 0 Å². The van der Waals surface area contributed by atoms with Gasteiger partial charge in [0, 0.05) is 13.6 Å². The lowest BCUT2D eigenvalue weighted by atomic mass is 10.1. The summed E-state index contributed by atoms with van der Waals surface area (Å²) in [4.78, 5) is 3.88. The first kappa shape index (κ1) is 10.2. The van der Waals surface area contributed by atoms with Gasteiger partial charge in [-0.1, -0.05) is 20.3 Å². The van der Waals surface area contributed by atoms with Gasteiger partial charge in [0.25, 0.3) is 0 Å². The normalized spacial score (nSPS) is 14.4. The van der Waals surface area contributed by atoms with Crippen LogP contribution in [0.4, 0.5) is 0 Å². The molecule has 0 aromatic rings. The zero-order valence-electron chi connectivity index (χ0n) is 7.52. The van der Waals surface area contributed by atoms with Crippen molar-refractivity contribution < 1.29 is 0 Å². The SMILES string of the molecule is CCC(C)CNC(=NC)NN. The van der Waals surface area contributed by atoms with Crippen LogP contribution in [0.5, 0.6) is 0 Å². The van der Waals surface area contributed by atoms with E-state index in [0.717, 1.165) is 13.0 Å². The Labute approximate surface area is 68.2 Å². The molecular formula is C7H18N4. The maximum absolute atomic E-state index is 5.17. The van der Waals surface area contributed by atoms with E-state index in [0.29, 0.717) is 11.9 Å². The molecular weight excluding hydrogens is 140 g/mol. The Hall–Kier alpha value is -0.770. The number of rotatable bonds is 3. The summed E-state index contributed by atoms with van der Waals surface area (Å²) in [7, 11) is 1.69. The van der Waals surface area contributed by atoms with Crippen molar-refractivity contribution in [3.63, 3.8) is 0 Å². The van der Waals surface area contributed by atoms with Crippen molar-refractivity contribution in [3.8, 4) is 0 Å². The van der Waals surface area contributed by atoms with Gasteiger partial charge in [0.1, 0.15) is 0 Å². The molecule has 11 heavy (non-hydrogen) atoms. The van der Waals surface area contributed by atoms with Crippen LogP contribution in [0.25, 0.3) is 0 Å². The monoisotopic (exact) mass is 158 g/mol. The Morgan fingerprint density at radius 1 is 1.64 bits per heavy atom. The first-order valence-corrected chi connectivity index (χ1v) is 3.91. The highest BCUT2D eigenvalue weighted by molar-refractivity contribution is 5.78. The average Bonchev–Trinajstić information content (AvgIpc) is 2.06. The molecule has 0 saturated carbocycles. The van der Waals surface area contributed by atoms with E-state index in [9.17, 15) is 0 Å². The highest BCUT2D eigenvalue weighted by atomic mass is 15.3. The van der Waals surface area contributed by atoms with E-state index in [2.05, 4.69) is 29.6 Å². The van der Waals surface area contributed by atoms with Crippen LogP contribution in [0.1, 0.15) is 20.3 Å². The van der Waals surface area contributed by atoms with Gasteiger partial charge in [-0.05, 0) is 5.92 Å². The molecule has 0 fully saturated rings. The van der Waals surface area contributed by atoms with Crippen molar-refractivity contribution in [2.75, 3.05) is 13.6 Å². The summed E-state index contributed by atoms with van der Waals surface area (Å²) in [5.41, 5.74) is 2.47. The first-order valence-electron chi connectivity index (χ1n) is 3.91. The molecule has 1 atom stereocenters. The van der Waals surface area contributed by atoms with E-state index < -0.39 is 0 Å². The van der Waals surface area contributed by atoms with Crippen LogP contribution in [-0.2, 0) is 0 Å². The van der Waals surface area contributed by atoms with Gasteiger partial charge in [-0.25, -0.2) is 5.84 Å². The van der Waals surface area contributed by atoms with Crippen molar-refractivity contribution >= 4 is 5.96 Å². The third kappa shape index (κ3) is 4.61. The molecule has 4 heteroatoms. The first-order chi connectivity index (χ1) is 5.24. The van der Waals surface area contributed by atoms with Crippen LogP contribution in [0.2, 0.25) is 0 Å². The van der Waals surface area contributed by atoms with Crippen LogP contribution < -0.4 is 16.6 Å². The Morgan fingerprint density at radius 3 is 2.64 bits per heavy atom. The minimum absolute atomic E-state index is 0.644. The number of nitrogens with two attached hydrogens (primary N) is 1. The maximum atomic E-state index is 5.17. The molecule has 0 aliphatic carbocycles. The quantitative estimate of drug-likeness (QED) is 0.236. The summed E-state index contributed by atoms with van der Waals surface area (Å²) in [6, 6.07) is 0. The number of nitrogens with zero attached hydrogens (tertiary/aromatic N) is 1. The van der Waals surface area contributed by atoms with E-state index in [4.69, 9.17) is 5.84 Å². The van der Waals surface area contributed by atoms with Gasteiger partial charge in [-0.15, -0.1) is 0 Å². The molecule has 0 aliphatic heterocycles. The van der Waals surface area contributed by atoms with Gasteiger partial charge in [0.05, 0.1) is 0 Å². The Balaban J connectivity index is 3.51. The molecule has 0 rings (SSSR count). The molecule has 0 bridgehead atoms. The molecule has 4 nitrogen and oxygen atoms in total. The van der Waals surface area contributed by atoms with Crippen LogP contribution >= 0.6 is 0 Å². The molecule has 0 aromatic heterocycles. The number of aliphatic imine (C=N–C) groups is 1. The lowest BCUT2D eigenvalue weighted by molar-refractivity contribution is 0.544. The van der Waals surface area contributed by atoms with Gasteiger partial charge in [-0.3, -0.25) is 10.4 Å². The molecule has 0 saturated heterocycles. The molecule has 0 aliphatic rings. The summed E-state index contributed by atoms with van der Waals surface area (Å²) in [6.45, 7) is 5.25. The lowest BCUT2D eigenvalue weighted by Gasteiger charge is -2.11.